The van der Waals surface area contributed by atoms with Crippen LogP contribution in [0, 0.1) is 29.1 Å². The number of rotatable bonds is 2. The quantitative estimate of drug-likeness (QED) is 0.713. The smallest absolute Gasteiger partial charge is 0.303 e. The first-order valence-corrected chi connectivity index (χ1v) is 9.27. The van der Waals surface area contributed by atoms with Gasteiger partial charge >= 0.3 is 5.97 Å². The lowest BCUT2D eigenvalue weighted by molar-refractivity contribution is -0.153. The molecule has 0 spiro atoms. The molecule has 23 heavy (non-hydrogen) atoms. The lowest BCUT2D eigenvalue weighted by Gasteiger charge is -2.54. The standard InChI is InChI=1S/C20H30O3/c1-5-20(4)9-8-16-15(12(20)2)7-6-14-10-18(22)19(11-17(14)16)23-13(3)21/h10,12,15-17,19H,5-9,11H2,1-4H3/t12?,15-,16-,17-,19?,20-/m0/s1. The fraction of sp³-hybridized carbons (Fsp3) is 0.800. The van der Waals surface area contributed by atoms with E-state index >= 15 is 0 Å². The first kappa shape index (κ1) is 16.7. The molecule has 3 aliphatic rings. The molecule has 6 atom stereocenters. The Morgan fingerprint density at radius 1 is 1.35 bits per heavy atom. The highest BCUT2D eigenvalue weighted by Crippen LogP contribution is 2.57. The molecule has 0 aromatic carbocycles. The second-order valence-electron chi connectivity index (χ2n) is 8.26. The van der Waals surface area contributed by atoms with Crippen LogP contribution in [0.1, 0.15) is 66.2 Å². The Balaban J connectivity index is 1.82. The van der Waals surface area contributed by atoms with Gasteiger partial charge in [-0.15, -0.1) is 0 Å². The number of carbonyl (C=O) groups is 2. The van der Waals surface area contributed by atoms with Gasteiger partial charge in [-0.3, -0.25) is 9.59 Å². The molecule has 3 rings (SSSR count). The van der Waals surface area contributed by atoms with Gasteiger partial charge in [0.1, 0.15) is 0 Å². The van der Waals surface area contributed by atoms with Crippen molar-refractivity contribution in [3.05, 3.63) is 11.6 Å². The molecule has 0 heterocycles. The van der Waals surface area contributed by atoms with E-state index in [9.17, 15) is 9.59 Å². The minimum atomic E-state index is -0.546. The van der Waals surface area contributed by atoms with Crippen LogP contribution in [0.4, 0.5) is 0 Å². The zero-order valence-corrected chi connectivity index (χ0v) is 14.9. The van der Waals surface area contributed by atoms with Crippen molar-refractivity contribution in [2.24, 2.45) is 29.1 Å². The minimum absolute atomic E-state index is 0.00726. The van der Waals surface area contributed by atoms with Crippen LogP contribution in [0.3, 0.4) is 0 Å². The Morgan fingerprint density at radius 2 is 2.09 bits per heavy atom. The molecule has 3 nitrogen and oxygen atoms in total. The van der Waals surface area contributed by atoms with Crippen molar-refractivity contribution in [3.63, 3.8) is 0 Å². The average Bonchev–Trinajstić information content (AvgIpc) is 2.51. The monoisotopic (exact) mass is 318 g/mol. The van der Waals surface area contributed by atoms with E-state index in [0.29, 0.717) is 23.7 Å². The van der Waals surface area contributed by atoms with Gasteiger partial charge in [-0.1, -0.05) is 32.8 Å². The van der Waals surface area contributed by atoms with Gasteiger partial charge in [-0.25, -0.2) is 0 Å². The maximum atomic E-state index is 12.2. The Hall–Kier alpha value is -1.12. The van der Waals surface area contributed by atoms with Crippen LogP contribution in [0.5, 0.6) is 0 Å². The van der Waals surface area contributed by atoms with E-state index in [4.69, 9.17) is 4.74 Å². The average molecular weight is 318 g/mol. The summed E-state index contributed by atoms with van der Waals surface area (Å²) in [4.78, 5) is 23.5. The number of allylic oxidation sites excluding steroid dienone is 1. The molecular weight excluding hydrogens is 288 g/mol. The molecule has 0 saturated heterocycles. The maximum absolute atomic E-state index is 12.2. The molecule has 2 fully saturated rings. The molecule has 0 aromatic rings. The summed E-state index contributed by atoms with van der Waals surface area (Å²) in [7, 11) is 0. The van der Waals surface area contributed by atoms with Crippen LogP contribution in [0.2, 0.25) is 0 Å². The molecular formula is C20H30O3. The number of ketones is 1. The summed E-state index contributed by atoms with van der Waals surface area (Å²) in [5.41, 5.74) is 1.79. The van der Waals surface area contributed by atoms with Crippen molar-refractivity contribution >= 4 is 11.8 Å². The van der Waals surface area contributed by atoms with Gasteiger partial charge in [0.15, 0.2) is 11.9 Å². The van der Waals surface area contributed by atoms with Gasteiger partial charge < -0.3 is 4.74 Å². The largest absolute Gasteiger partial charge is 0.454 e. The second-order valence-corrected chi connectivity index (χ2v) is 8.26. The number of esters is 1. The molecule has 0 radical (unpaired) electrons. The van der Waals surface area contributed by atoms with Crippen LogP contribution >= 0.6 is 0 Å². The fourth-order valence-electron chi connectivity index (χ4n) is 5.52. The van der Waals surface area contributed by atoms with E-state index in [-0.39, 0.29) is 11.8 Å². The third-order valence-corrected chi connectivity index (χ3v) is 7.33. The maximum Gasteiger partial charge on any atom is 0.303 e. The van der Waals surface area contributed by atoms with E-state index in [1.807, 2.05) is 0 Å². The van der Waals surface area contributed by atoms with E-state index in [1.165, 1.54) is 38.2 Å². The van der Waals surface area contributed by atoms with E-state index in [1.54, 1.807) is 6.08 Å². The van der Waals surface area contributed by atoms with Gasteiger partial charge in [0, 0.05) is 6.92 Å². The molecule has 3 aliphatic carbocycles. The Morgan fingerprint density at radius 3 is 2.74 bits per heavy atom. The van der Waals surface area contributed by atoms with E-state index < -0.39 is 6.10 Å². The zero-order valence-electron chi connectivity index (χ0n) is 14.9. The molecule has 0 bridgehead atoms. The number of hydrogen-bond donors (Lipinski definition) is 0. The molecule has 3 heteroatoms. The second kappa shape index (κ2) is 6.07. The molecule has 0 N–H and O–H groups in total. The highest BCUT2D eigenvalue weighted by Gasteiger charge is 2.49. The molecule has 2 saturated carbocycles. The summed E-state index contributed by atoms with van der Waals surface area (Å²) >= 11 is 0. The molecule has 2 unspecified atom stereocenters. The van der Waals surface area contributed by atoms with Crippen molar-refractivity contribution in [2.75, 3.05) is 0 Å². The molecule has 0 aliphatic heterocycles. The summed E-state index contributed by atoms with van der Waals surface area (Å²) in [5.74, 6) is 2.24. The normalized spacial score (nSPS) is 43.2. The summed E-state index contributed by atoms with van der Waals surface area (Å²) in [6, 6.07) is 0. The van der Waals surface area contributed by atoms with Crippen LogP contribution in [-0.4, -0.2) is 17.9 Å². The predicted molar refractivity (Wildman–Crippen MR) is 89.8 cm³/mol. The number of ether oxygens (including phenoxy) is 1. The van der Waals surface area contributed by atoms with Crippen molar-refractivity contribution in [2.45, 2.75) is 72.3 Å². The molecule has 128 valence electrons. The summed E-state index contributed by atoms with van der Waals surface area (Å²) in [6.07, 6.45) is 8.01. The first-order valence-electron chi connectivity index (χ1n) is 9.27. The predicted octanol–water partition coefficient (Wildman–Crippen LogP) is 4.31. The highest BCUT2D eigenvalue weighted by molar-refractivity contribution is 5.96. The summed E-state index contributed by atoms with van der Waals surface area (Å²) in [6.45, 7) is 8.60. The van der Waals surface area contributed by atoms with Crippen LogP contribution in [-0.2, 0) is 14.3 Å². The zero-order chi connectivity index (χ0) is 16.8. The van der Waals surface area contributed by atoms with Gasteiger partial charge in [-0.2, -0.15) is 0 Å². The van der Waals surface area contributed by atoms with Crippen molar-refractivity contribution in [1.29, 1.82) is 0 Å². The first-order chi connectivity index (χ1) is 10.9. The Labute approximate surface area is 139 Å². The van der Waals surface area contributed by atoms with Gasteiger partial charge in [0.25, 0.3) is 0 Å². The SMILES string of the molecule is CC[C@@]1(C)CC[C@@H]2[C@H]3CC(OC(C)=O)C(=O)C=C3CC[C@H]2C1C. The lowest BCUT2D eigenvalue weighted by atomic mass is 9.51. The lowest BCUT2D eigenvalue weighted by Crippen LogP contribution is -2.47. The number of fused-ring (bicyclic) bond motifs is 3. The van der Waals surface area contributed by atoms with Crippen LogP contribution in [0.15, 0.2) is 11.6 Å². The summed E-state index contributed by atoms with van der Waals surface area (Å²) < 4.78 is 5.29. The van der Waals surface area contributed by atoms with Crippen LogP contribution in [0.25, 0.3) is 0 Å². The van der Waals surface area contributed by atoms with Gasteiger partial charge in [0.2, 0.25) is 0 Å². The minimum Gasteiger partial charge on any atom is -0.454 e. The van der Waals surface area contributed by atoms with E-state index in [0.717, 1.165) is 18.3 Å². The van der Waals surface area contributed by atoms with Gasteiger partial charge in [0.05, 0.1) is 0 Å². The van der Waals surface area contributed by atoms with Crippen molar-refractivity contribution in [3.8, 4) is 0 Å². The fourth-order valence-corrected chi connectivity index (χ4v) is 5.52. The topological polar surface area (TPSA) is 43.4 Å². The van der Waals surface area contributed by atoms with Gasteiger partial charge in [-0.05, 0) is 67.3 Å². The molecule has 0 aromatic heterocycles. The number of hydrogen-bond acceptors (Lipinski definition) is 3. The third kappa shape index (κ3) is 2.88. The Bertz CT molecular complexity index is 535. The van der Waals surface area contributed by atoms with Crippen molar-refractivity contribution in [1.82, 2.24) is 0 Å². The highest BCUT2D eigenvalue weighted by atomic mass is 16.5. The number of carbonyl (C=O) groups excluding carboxylic acids is 2. The molecule has 0 amide bonds. The van der Waals surface area contributed by atoms with Crippen molar-refractivity contribution < 1.29 is 14.3 Å². The Kier molecular flexibility index (Phi) is 4.41. The van der Waals surface area contributed by atoms with Crippen LogP contribution < -0.4 is 0 Å². The summed E-state index contributed by atoms with van der Waals surface area (Å²) in [5, 5.41) is 0. The third-order valence-electron chi connectivity index (χ3n) is 7.33. The van der Waals surface area contributed by atoms with E-state index in [2.05, 4.69) is 20.8 Å².